The van der Waals surface area contributed by atoms with Gasteiger partial charge in [0.2, 0.25) is 6.79 Å². The normalized spacial score (nSPS) is 20.8. The molecule has 11 heteroatoms. The standard InChI is InChI=1S/C21H18N4O7/c1-3-30-20(28)12-8(2)22-17-14(16(12)26)13(9-4-5-10-11(6-9)32-7-31-10)15-18(23-17)24-21(29)25-19(15)27/h4-6,12-13H,3,7H2,1-2H3,(H3,23,24,25,27,29). The minimum Gasteiger partial charge on any atom is -0.465 e. The van der Waals surface area contributed by atoms with Crippen LogP contribution < -0.4 is 26.0 Å². The number of carbonyl (C=O) groups is 2. The van der Waals surface area contributed by atoms with Gasteiger partial charge in [-0.05, 0) is 31.5 Å². The summed E-state index contributed by atoms with van der Waals surface area (Å²) in [7, 11) is 0. The van der Waals surface area contributed by atoms with Gasteiger partial charge in [-0.2, -0.15) is 0 Å². The van der Waals surface area contributed by atoms with E-state index in [1.54, 1.807) is 32.0 Å². The fourth-order valence-electron chi connectivity index (χ4n) is 4.20. The summed E-state index contributed by atoms with van der Waals surface area (Å²) < 4.78 is 15.9. The SMILES string of the molecule is CCOC(=O)C1C(=O)C2=C(N=C1C)Nc1[nH]c(=O)[nH]c(=O)c1C2c1ccc2c(c1)OCO2. The lowest BCUT2D eigenvalue weighted by molar-refractivity contribution is -0.148. The summed E-state index contributed by atoms with van der Waals surface area (Å²) in [5.41, 5.74) is -0.350. The van der Waals surface area contributed by atoms with Gasteiger partial charge in [-0.15, -0.1) is 0 Å². The highest BCUT2D eigenvalue weighted by atomic mass is 16.7. The quantitative estimate of drug-likeness (QED) is 0.470. The molecule has 5 rings (SSSR count). The molecule has 4 heterocycles. The van der Waals surface area contributed by atoms with Crippen LogP contribution in [0, 0.1) is 5.92 Å². The lowest BCUT2D eigenvalue weighted by atomic mass is 9.76. The van der Waals surface area contributed by atoms with E-state index in [4.69, 9.17) is 14.2 Å². The van der Waals surface area contributed by atoms with E-state index >= 15 is 0 Å². The smallest absolute Gasteiger partial charge is 0.327 e. The Morgan fingerprint density at radius 3 is 2.75 bits per heavy atom. The Hall–Kier alpha value is -4.15. The van der Waals surface area contributed by atoms with E-state index in [9.17, 15) is 19.2 Å². The Morgan fingerprint density at radius 1 is 1.19 bits per heavy atom. The molecule has 0 fully saturated rings. The number of ether oxygens (including phenoxy) is 3. The minimum atomic E-state index is -1.23. The molecule has 2 aromatic rings. The van der Waals surface area contributed by atoms with Crippen LogP contribution in [0.3, 0.4) is 0 Å². The number of hydrogen-bond donors (Lipinski definition) is 3. The number of esters is 1. The van der Waals surface area contributed by atoms with Crippen LogP contribution in [0.25, 0.3) is 0 Å². The fraction of sp³-hybridized carbons (Fsp3) is 0.286. The van der Waals surface area contributed by atoms with Crippen molar-refractivity contribution < 1.29 is 23.8 Å². The summed E-state index contributed by atoms with van der Waals surface area (Å²) in [6.45, 7) is 3.36. The second-order valence-corrected chi connectivity index (χ2v) is 7.43. The van der Waals surface area contributed by atoms with Crippen molar-refractivity contribution in [3.63, 3.8) is 0 Å². The highest BCUT2D eigenvalue weighted by Gasteiger charge is 2.45. The van der Waals surface area contributed by atoms with Gasteiger partial charge in [0.15, 0.2) is 23.2 Å². The average Bonchev–Trinajstić information content (AvgIpc) is 3.20. The Morgan fingerprint density at radius 2 is 1.97 bits per heavy atom. The van der Waals surface area contributed by atoms with Crippen molar-refractivity contribution in [3.8, 4) is 11.5 Å². The molecular weight excluding hydrogens is 420 g/mol. The van der Waals surface area contributed by atoms with Gasteiger partial charge in [0.25, 0.3) is 5.56 Å². The van der Waals surface area contributed by atoms with Gasteiger partial charge in [0, 0.05) is 5.71 Å². The van der Waals surface area contributed by atoms with Gasteiger partial charge in [0.05, 0.1) is 23.7 Å². The number of benzene rings is 1. The predicted octanol–water partition coefficient (Wildman–Crippen LogP) is 0.784. The molecule has 0 bridgehead atoms. The zero-order chi connectivity index (χ0) is 22.6. The minimum absolute atomic E-state index is 0.0524. The second kappa shape index (κ2) is 7.22. The molecule has 3 aliphatic heterocycles. The van der Waals surface area contributed by atoms with E-state index in [2.05, 4.69) is 20.3 Å². The second-order valence-electron chi connectivity index (χ2n) is 7.43. The molecular formula is C21H18N4O7. The van der Waals surface area contributed by atoms with E-state index in [-0.39, 0.29) is 41.9 Å². The van der Waals surface area contributed by atoms with Crippen molar-refractivity contribution in [1.29, 1.82) is 0 Å². The van der Waals surface area contributed by atoms with E-state index in [1.807, 2.05) is 0 Å². The highest BCUT2D eigenvalue weighted by molar-refractivity contribution is 6.26. The van der Waals surface area contributed by atoms with E-state index in [0.29, 0.717) is 17.1 Å². The Kier molecular flexibility index (Phi) is 4.47. The lowest BCUT2D eigenvalue weighted by Crippen LogP contribution is -2.42. The van der Waals surface area contributed by atoms with Crippen LogP contribution in [0.5, 0.6) is 11.5 Å². The summed E-state index contributed by atoms with van der Waals surface area (Å²) in [6.07, 6.45) is 0. The Bertz CT molecular complexity index is 1350. The molecule has 0 radical (unpaired) electrons. The van der Waals surface area contributed by atoms with Gasteiger partial charge in [-0.25, -0.2) is 9.79 Å². The third kappa shape index (κ3) is 2.93. The molecule has 2 unspecified atom stereocenters. The first-order valence-electron chi connectivity index (χ1n) is 9.92. The van der Waals surface area contributed by atoms with Gasteiger partial charge in [0.1, 0.15) is 11.6 Å². The van der Waals surface area contributed by atoms with Crippen LogP contribution in [0.2, 0.25) is 0 Å². The molecule has 0 saturated carbocycles. The molecule has 164 valence electrons. The maximum Gasteiger partial charge on any atom is 0.327 e. The maximum atomic E-state index is 13.6. The molecule has 0 spiro atoms. The zero-order valence-corrected chi connectivity index (χ0v) is 17.1. The molecule has 32 heavy (non-hydrogen) atoms. The van der Waals surface area contributed by atoms with Crippen LogP contribution in [0.1, 0.15) is 30.9 Å². The topological polar surface area (TPSA) is 152 Å². The third-order valence-corrected chi connectivity index (χ3v) is 5.54. The van der Waals surface area contributed by atoms with Gasteiger partial charge in [-0.1, -0.05) is 6.07 Å². The number of Topliss-reactive ketones (excluding diaryl/α,β-unsaturated/α-hetero) is 1. The number of aliphatic imine (C=N–C) groups is 1. The number of nitrogens with zero attached hydrogens (tertiary/aromatic N) is 1. The number of H-pyrrole nitrogens is 2. The van der Waals surface area contributed by atoms with E-state index < -0.39 is 34.8 Å². The third-order valence-electron chi connectivity index (χ3n) is 5.54. The molecule has 1 aromatic carbocycles. The number of fused-ring (bicyclic) bond motifs is 2. The van der Waals surface area contributed by atoms with Crippen molar-refractivity contribution in [3.05, 3.63) is 61.6 Å². The molecule has 3 aliphatic rings. The van der Waals surface area contributed by atoms with Crippen LogP contribution in [-0.2, 0) is 14.3 Å². The first kappa shape index (κ1) is 19.8. The first-order chi connectivity index (χ1) is 15.4. The number of aromatic amines is 2. The van der Waals surface area contributed by atoms with Crippen LogP contribution in [0.4, 0.5) is 5.82 Å². The number of nitrogens with one attached hydrogen (secondary N) is 3. The highest BCUT2D eigenvalue weighted by Crippen LogP contribution is 2.45. The Labute approximate surface area is 180 Å². The molecule has 3 N–H and O–H groups in total. The number of ketones is 1. The summed E-state index contributed by atoms with van der Waals surface area (Å²) in [4.78, 5) is 60.0. The molecule has 0 amide bonds. The number of allylic oxidation sites excluding steroid dienone is 1. The lowest BCUT2D eigenvalue weighted by Gasteiger charge is -2.33. The van der Waals surface area contributed by atoms with Crippen molar-refractivity contribution in [1.82, 2.24) is 9.97 Å². The number of rotatable bonds is 3. The molecule has 11 nitrogen and oxygen atoms in total. The number of aromatic nitrogens is 2. The van der Waals surface area contributed by atoms with Crippen LogP contribution >= 0.6 is 0 Å². The van der Waals surface area contributed by atoms with E-state index in [1.165, 1.54) is 0 Å². The summed E-state index contributed by atoms with van der Waals surface area (Å²) in [5, 5.41) is 2.87. The van der Waals surface area contributed by atoms with Crippen molar-refractivity contribution in [2.75, 3.05) is 18.7 Å². The average molecular weight is 438 g/mol. The summed E-state index contributed by atoms with van der Waals surface area (Å²) in [5.74, 6) is -2.12. The summed E-state index contributed by atoms with van der Waals surface area (Å²) >= 11 is 0. The van der Waals surface area contributed by atoms with Gasteiger partial charge in [-0.3, -0.25) is 24.4 Å². The zero-order valence-electron chi connectivity index (χ0n) is 17.1. The van der Waals surface area contributed by atoms with Crippen LogP contribution in [-0.4, -0.2) is 40.8 Å². The molecule has 2 atom stereocenters. The number of hydrogen-bond acceptors (Lipinski definition) is 9. The van der Waals surface area contributed by atoms with Crippen molar-refractivity contribution in [2.24, 2.45) is 10.9 Å². The monoisotopic (exact) mass is 438 g/mol. The predicted molar refractivity (Wildman–Crippen MR) is 111 cm³/mol. The van der Waals surface area contributed by atoms with Crippen LogP contribution in [0.15, 0.2) is 44.2 Å². The summed E-state index contributed by atoms with van der Waals surface area (Å²) in [6, 6.07) is 5.03. The molecule has 1 aromatic heterocycles. The van der Waals surface area contributed by atoms with Crippen molar-refractivity contribution >= 4 is 23.3 Å². The molecule has 0 aliphatic carbocycles. The van der Waals surface area contributed by atoms with E-state index in [0.717, 1.165) is 0 Å². The number of anilines is 1. The Balaban J connectivity index is 1.73. The van der Waals surface area contributed by atoms with Gasteiger partial charge < -0.3 is 19.5 Å². The number of carbonyl (C=O) groups excluding carboxylic acids is 2. The van der Waals surface area contributed by atoms with Crippen molar-refractivity contribution in [2.45, 2.75) is 19.8 Å². The fourth-order valence-corrected chi connectivity index (χ4v) is 4.20. The maximum absolute atomic E-state index is 13.6. The van der Waals surface area contributed by atoms with Gasteiger partial charge >= 0.3 is 11.7 Å². The largest absolute Gasteiger partial charge is 0.465 e. The first-order valence-corrected chi connectivity index (χ1v) is 9.92. The molecule has 0 saturated heterocycles.